The first-order chi connectivity index (χ1) is 14.6. The summed E-state index contributed by atoms with van der Waals surface area (Å²) in [7, 11) is 0. The molecule has 6 rings (SSSR count). The smallest absolute Gasteiger partial charge is 0.248 e. The molecule has 1 aromatic heterocycles. The van der Waals surface area contributed by atoms with Gasteiger partial charge in [0.1, 0.15) is 0 Å². The van der Waals surface area contributed by atoms with E-state index in [1.165, 1.54) is 63.4 Å². The zero-order chi connectivity index (χ0) is 20.3. The van der Waals surface area contributed by atoms with Crippen LogP contribution in [0.15, 0.2) is 40.8 Å². The highest BCUT2D eigenvalue weighted by atomic mass is 16.4. The fourth-order valence-corrected chi connectivity index (χ4v) is 8.22. The fraction of sp³-hybridized carbons (Fsp3) is 0.630. The average molecular weight is 403 g/mol. The molecule has 3 saturated carbocycles. The van der Waals surface area contributed by atoms with E-state index < -0.39 is 0 Å². The van der Waals surface area contributed by atoms with Gasteiger partial charge in [-0.05, 0) is 86.2 Å². The maximum atomic E-state index is 6.22. The lowest BCUT2D eigenvalue weighted by Gasteiger charge is -2.60. The van der Waals surface area contributed by atoms with Gasteiger partial charge in [-0.2, -0.15) is 0 Å². The molecule has 3 heteroatoms. The van der Waals surface area contributed by atoms with Gasteiger partial charge in [0.2, 0.25) is 11.8 Å². The van der Waals surface area contributed by atoms with Gasteiger partial charge >= 0.3 is 0 Å². The van der Waals surface area contributed by atoms with E-state index in [4.69, 9.17) is 4.42 Å². The van der Waals surface area contributed by atoms with Crippen LogP contribution in [-0.4, -0.2) is 10.2 Å². The maximum absolute atomic E-state index is 6.22. The lowest BCUT2D eigenvalue weighted by Crippen LogP contribution is -2.52. The van der Waals surface area contributed by atoms with Crippen LogP contribution in [0.3, 0.4) is 0 Å². The summed E-state index contributed by atoms with van der Waals surface area (Å²) in [6.07, 6.45) is 15.0. The van der Waals surface area contributed by atoms with Gasteiger partial charge in [-0.15, -0.1) is 10.2 Å². The van der Waals surface area contributed by atoms with Crippen molar-refractivity contribution >= 4 is 5.57 Å². The predicted octanol–water partition coefficient (Wildman–Crippen LogP) is 7.16. The van der Waals surface area contributed by atoms with Gasteiger partial charge in [0.05, 0.1) is 0 Å². The number of hydrogen-bond acceptors (Lipinski definition) is 3. The van der Waals surface area contributed by atoms with E-state index in [2.05, 4.69) is 30.1 Å². The van der Waals surface area contributed by atoms with Crippen LogP contribution in [0.25, 0.3) is 17.0 Å². The Balaban J connectivity index is 1.28. The van der Waals surface area contributed by atoms with Gasteiger partial charge < -0.3 is 4.42 Å². The Labute approximate surface area is 180 Å². The van der Waals surface area contributed by atoms with Gasteiger partial charge in [-0.25, -0.2) is 0 Å². The number of hydrogen-bond donors (Lipinski definition) is 0. The van der Waals surface area contributed by atoms with E-state index in [1.54, 1.807) is 0 Å². The first kappa shape index (κ1) is 18.8. The Bertz CT molecular complexity index is 962. The lowest BCUT2D eigenvalue weighted by molar-refractivity contribution is -0.0955. The number of benzene rings is 1. The summed E-state index contributed by atoms with van der Waals surface area (Å²) >= 11 is 0. The van der Waals surface area contributed by atoms with E-state index >= 15 is 0 Å². The molecule has 0 bridgehead atoms. The number of rotatable bonds is 2. The predicted molar refractivity (Wildman–Crippen MR) is 119 cm³/mol. The van der Waals surface area contributed by atoms with Crippen molar-refractivity contribution in [3.05, 3.63) is 42.3 Å². The van der Waals surface area contributed by atoms with E-state index in [-0.39, 0.29) is 5.41 Å². The summed E-state index contributed by atoms with van der Waals surface area (Å²) in [4.78, 5) is 0. The number of allylic oxidation sites excluding steroid dienone is 2. The molecular weight excluding hydrogens is 368 g/mol. The van der Waals surface area contributed by atoms with Crippen molar-refractivity contribution in [2.75, 3.05) is 0 Å². The van der Waals surface area contributed by atoms with Crippen LogP contribution in [0.2, 0.25) is 0 Å². The van der Waals surface area contributed by atoms with Gasteiger partial charge in [0.25, 0.3) is 0 Å². The van der Waals surface area contributed by atoms with Crippen LogP contribution in [0, 0.1) is 34.5 Å². The minimum absolute atomic E-state index is 0.194. The molecule has 3 nitrogen and oxygen atoms in total. The second-order valence-electron chi connectivity index (χ2n) is 11.0. The van der Waals surface area contributed by atoms with E-state index in [1.807, 2.05) is 30.3 Å². The highest BCUT2D eigenvalue weighted by Gasteiger charge is 2.58. The molecule has 4 aliphatic rings. The van der Waals surface area contributed by atoms with Crippen LogP contribution < -0.4 is 0 Å². The number of fused-ring (bicyclic) bond motifs is 5. The third-order valence-corrected chi connectivity index (χ3v) is 9.84. The molecule has 0 N–H and O–H groups in total. The molecule has 0 spiro atoms. The van der Waals surface area contributed by atoms with Gasteiger partial charge in [-0.1, -0.05) is 51.0 Å². The quantitative estimate of drug-likeness (QED) is 0.535. The van der Waals surface area contributed by atoms with Crippen LogP contribution in [-0.2, 0) is 0 Å². The molecule has 158 valence electrons. The van der Waals surface area contributed by atoms with Crippen LogP contribution in [0.4, 0.5) is 0 Å². The van der Waals surface area contributed by atoms with E-state index in [0.717, 1.165) is 35.1 Å². The number of aromatic nitrogens is 2. The standard InChI is InChI=1S/C27H34N2O/c1-26-16-7-6-10-19(26)11-12-20-21-13-14-23(27(21,2)17-15-22(20)26)25-29-28-24(30-25)18-8-4-3-5-9-18/h3-5,8-9,14,19-22H,6-7,10-13,15-17H2,1-2H3/t19?,20-,21-,22-,26-,27-/m0/s1. The van der Waals surface area contributed by atoms with Crippen molar-refractivity contribution in [1.82, 2.24) is 10.2 Å². The minimum Gasteiger partial charge on any atom is -0.416 e. The molecule has 2 aromatic rings. The normalized spacial score (nSPS) is 40.3. The number of nitrogens with zero attached hydrogens (tertiary/aromatic N) is 2. The minimum atomic E-state index is 0.194. The summed E-state index contributed by atoms with van der Waals surface area (Å²) < 4.78 is 6.22. The molecular formula is C27H34N2O. The molecule has 4 aliphatic carbocycles. The van der Waals surface area contributed by atoms with E-state index in [9.17, 15) is 0 Å². The lowest BCUT2D eigenvalue weighted by atomic mass is 9.45. The summed E-state index contributed by atoms with van der Waals surface area (Å²) in [6.45, 7) is 5.15. The molecule has 30 heavy (non-hydrogen) atoms. The van der Waals surface area contributed by atoms with Crippen LogP contribution in [0.5, 0.6) is 0 Å². The highest BCUT2D eigenvalue weighted by molar-refractivity contribution is 5.68. The summed E-state index contributed by atoms with van der Waals surface area (Å²) in [5.41, 5.74) is 3.12. The van der Waals surface area contributed by atoms with E-state index in [0.29, 0.717) is 11.3 Å². The molecule has 1 heterocycles. The van der Waals surface area contributed by atoms with Crippen molar-refractivity contribution in [2.24, 2.45) is 34.5 Å². The average Bonchev–Trinajstić information content (AvgIpc) is 3.38. The van der Waals surface area contributed by atoms with Gasteiger partial charge in [0.15, 0.2) is 0 Å². The topological polar surface area (TPSA) is 38.9 Å². The Hall–Kier alpha value is -1.90. The molecule has 0 radical (unpaired) electrons. The molecule has 3 fully saturated rings. The zero-order valence-electron chi connectivity index (χ0n) is 18.4. The highest BCUT2D eigenvalue weighted by Crippen LogP contribution is 2.67. The third-order valence-electron chi connectivity index (χ3n) is 9.84. The van der Waals surface area contributed by atoms with Gasteiger partial charge in [0, 0.05) is 16.6 Å². The molecule has 1 aromatic carbocycles. The second-order valence-corrected chi connectivity index (χ2v) is 11.0. The summed E-state index contributed by atoms with van der Waals surface area (Å²) in [5.74, 6) is 4.92. The monoisotopic (exact) mass is 402 g/mol. The van der Waals surface area contributed by atoms with Crippen molar-refractivity contribution in [3.8, 4) is 11.5 Å². The zero-order valence-corrected chi connectivity index (χ0v) is 18.4. The first-order valence-corrected chi connectivity index (χ1v) is 12.2. The Kier molecular flexibility index (Phi) is 4.27. The van der Waals surface area contributed by atoms with Crippen molar-refractivity contribution in [1.29, 1.82) is 0 Å². The Morgan fingerprint density at radius 3 is 2.57 bits per heavy atom. The van der Waals surface area contributed by atoms with Crippen molar-refractivity contribution < 1.29 is 4.42 Å². The molecule has 0 saturated heterocycles. The molecule has 1 unspecified atom stereocenters. The van der Waals surface area contributed by atoms with Crippen molar-refractivity contribution in [2.45, 2.75) is 71.6 Å². The van der Waals surface area contributed by atoms with Crippen molar-refractivity contribution in [3.63, 3.8) is 0 Å². The van der Waals surface area contributed by atoms with Crippen LogP contribution in [0.1, 0.15) is 77.5 Å². The molecule has 0 amide bonds. The first-order valence-electron chi connectivity index (χ1n) is 12.2. The second kappa shape index (κ2) is 6.80. The fourth-order valence-electron chi connectivity index (χ4n) is 8.22. The molecule has 6 atom stereocenters. The summed E-state index contributed by atoms with van der Waals surface area (Å²) in [6, 6.07) is 10.1. The summed E-state index contributed by atoms with van der Waals surface area (Å²) in [5, 5.41) is 8.90. The third kappa shape index (κ3) is 2.63. The van der Waals surface area contributed by atoms with Gasteiger partial charge in [-0.3, -0.25) is 0 Å². The molecule has 0 aliphatic heterocycles. The Morgan fingerprint density at radius 1 is 0.867 bits per heavy atom. The largest absolute Gasteiger partial charge is 0.416 e. The maximum Gasteiger partial charge on any atom is 0.248 e. The van der Waals surface area contributed by atoms with Crippen LogP contribution >= 0.6 is 0 Å². The SMILES string of the molecule is C[C@]12CCCCC1CC[C@@H]1[C@@H]2CC[C@]2(C)C(c3nnc(-c4ccccc4)o3)=CC[C@@H]12. The Morgan fingerprint density at radius 2 is 1.70 bits per heavy atom.